The molecule has 4 heteroatoms. The topological polar surface area (TPSA) is 52.6 Å². The van der Waals surface area contributed by atoms with Crippen LogP contribution in [-0.2, 0) is 5.60 Å². The minimum absolute atomic E-state index is 0.0585. The van der Waals surface area contributed by atoms with Gasteiger partial charge < -0.3 is 15.3 Å². The normalized spacial score (nSPS) is 32.7. The van der Waals surface area contributed by atoms with Crippen molar-refractivity contribution in [3.05, 3.63) is 35.9 Å². The number of nitrogens with one attached hydrogen (secondary N) is 1. The maximum atomic E-state index is 11.5. The van der Waals surface area contributed by atoms with Crippen molar-refractivity contribution in [2.24, 2.45) is 0 Å². The lowest BCUT2D eigenvalue weighted by molar-refractivity contribution is 0.0163. The molecule has 1 aromatic rings. The second kappa shape index (κ2) is 3.22. The van der Waals surface area contributed by atoms with Crippen molar-refractivity contribution >= 4 is 6.03 Å². The molecule has 2 heterocycles. The minimum Gasteiger partial charge on any atom is -0.383 e. The Hall–Kier alpha value is -1.55. The van der Waals surface area contributed by atoms with Gasteiger partial charge in [-0.2, -0.15) is 0 Å². The Bertz CT molecular complexity index is 420. The van der Waals surface area contributed by atoms with Gasteiger partial charge in [0, 0.05) is 19.5 Å². The number of urea groups is 1. The summed E-state index contributed by atoms with van der Waals surface area (Å²) in [6, 6.07) is 9.43. The average molecular weight is 218 g/mol. The van der Waals surface area contributed by atoms with Gasteiger partial charge in [-0.15, -0.1) is 0 Å². The Morgan fingerprint density at radius 2 is 2.12 bits per heavy atom. The molecule has 16 heavy (non-hydrogen) atoms. The number of rotatable bonds is 1. The van der Waals surface area contributed by atoms with Crippen molar-refractivity contribution in [2.45, 2.75) is 18.1 Å². The van der Waals surface area contributed by atoms with Gasteiger partial charge in [0.1, 0.15) is 5.60 Å². The number of benzene rings is 1. The number of hydrogen-bond donors (Lipinski definition) is 2. The van der Waals surface area contributed by atoms with Gasteiger partial charge >= 0.3 is 6.03 Å². The van der Waals surface area contributed by atoms with Crippen LogP contribution in [-0.4, -0.2) is 35.2 Å². The highest BCUT2D eigenvalue weighted by atomic mass is 16.3. The van der Waals surface area contributed by atoms with Crippen molar-refractivity contribution in [3.63, 3.8) is 0 Å². The quantitative estimate of drug-likeness (QED) is 0.728. The van der Waals surface area contributed by atoms with Gasteiger partial charge in [-0.3, -0.25) is 0 Å². The standard InChI is InChI=1S/C12H14N2O2/c15-11-13-8-10-12(16,6-7-14(10)11)9-4-2-1-3-5-9/h1-5,10,16H,6-8H2,(H,13,15)/t10-,12-/m0/s1. The van der Waals surface area contributed by atoms with Crippen LogP contribution in [0.2, 0.25) is 0 Å². The number of hydrogen-bond acceptors (Lipinski definition) is 2. The predicted octanol–water partition coefficient (Wildman–Crippen LogP) is 0.672. The molecule has 0 aromatic heterocycles. The summed E-state index contributed by atoms with van der Waals surface area (Å²) < 4.78 is 0. The zero-order chi connectivity index (χ0) is 11.2. The minimum atomic E-state index is -0.888. The van der Waals surface area contributed by atoms with E-state index in [1.165, 1.54) is 0 Å². The lowest BCUT2D eigenvalue weighted by atomic mass is 9.87. The molecule has 2 saturated heterocycles. The van der Waals surface area contributed by atoms with Crippen molar-refractivity contribution in [3.8, 4) is 0 Å². The molecule has 2 aliphatic rings. The van der Waals surface area contributed by atoms with E-state index in [9.17, 15) is 9.90 Å². The predicted molar refractivity (Wildman–Crippen MR) is 58.8 cm³/mol. The molecule has 84 valence electrons. The van der Waals surface area contributed by atoms with E-state index in [2.05, 4.69) is 5.32 Å². The SMILES string of the molecule is O=C1NC[C@@H]2N1CC[C@]2(O)c1ccccc1. The summed E-state index contributed by atoms with van der Waals surface area (Å²) >= 11 is 0. The first kappa shape index (κ1) is 9.66. The van der Waals surface area contributed by atoms with Crippen molar-refractivity contribution in [2.75, 3.05) is 13.1 Å². The average Bonchev–Trinajstić information content (AvgIpc) is 2.84. The van der Waals surface area contributed by atoms with E-state index < -0.39 is 5.60 Å². The molecule has 0 spiro atoms. The first-order valence-corrected chi connectivity index (χ1v) is 5.54. The fourth-order valence-corrected chi connectivity index (χ4v) is 2.74. The van der Waals surface area contributed by atoms with Crippen LogP contribution in [0.1, 0.15) is 12.0 Å². The summed E-state index contributed by atoms with van der Waals surface area (Å²) in [6.07, 6.45) is 0.620. The van der Waals surface area contributed by atoms with Crippen molar-refractivity contribution in [1.82, 2.24) is 10.2 Å². The van der Waals surface area contributed by atoms with E-state index in [0.717, 1.165) is 5.56 Å². The van der Waals surface area contributed by atoms with E-state index >= 15 is 0 Å². The summed E-state index contributed by atoms with van der Waals surface area (Å²) in [5, 5.41) is 13.5. The Kier molecular flexibility index (Phi) is 1.94. The second-order valence-electron chi connectivity index (χ2n) is 4.44. The molecule has 0 bridgehead atoms. The lowest BCUT2D eigenvalue weighted by Crippen LogP contribution is -2.41. The third kappa shape index (κ3) is 1.16. The highest BCUT2D eigenvalue weighted by Gasteiger charge is 2.51. The van der Waals surface area contributed by atoms with Crippen LogP contribution in [0.25, 0.3) is 0 Å². The fourth-order valence-electron chi connectivity index (χ4n) is 2.74. The Balaban J connectivity index is 1.98. The van der Waals surface area contributed by atoms with Gasteiger partial charge in [-0.05, 0) is 5.56 Å². The number of carbonyl (C=O) groups excluding carboxylic acids is 1. The van der Waals surface area contributed by atoms with Gasteiger partial charge in [0.25, 0.3) is 0 Å². The summed E-state index contributed by atoms with van der Waals surface area (Å²) in [5.41, 5.74) is 0.0134. The third-order valence-electron chi connectivity index (χ3n) is 3.64. The monoisotopic (exact) mass is 218 g/mol. The molecule has 0 radical (unpaired) electrons. The summed E-state index contributed by atoms with van der Waals surface area (Å²) in [7, 11) is 0. The lowest BCUT2D eigenvalue weighted by Gasteiger charge is -2.29. The maximum Gasteiger partial charge on any atom is 0.317 e. The van der Waals surface area contributed by atoms with E-state index in [1.54, 1.807) is 4.90 Å². The number of carbonyl (C=O) groups is 1. The Morgan fingerprint density at radius 1 is 1.38 bits per heavy atom. The van der Waals surface area contributed by atoms with E-state index in [4.69, 9.17) is 0 Å². The molecule has 0 saturated carbocycles. The highest BCUT2D eigenvalue weighted by molar-refractivity contribution is 5.77. The molecule has 2 atom stereocenters. The van der Waals surface area contributed by atoms with E-state index in [0.29, 0.717) is 19.5 Å². The summed E-state index contributed by atoms with van der Waals surface area (Å²) in [6.45, 7) is 1.16. The molecular formula is C12H14N2O2. The fraction of sp³-hybridized carbons (Fsp3) is 0.417. The van der Waals surface area contributed by atoms with Gasteiger partial charge in [-0.25, -0.2) is 4.79 Å². The molecule has 2 amide bonds. The number of fused-ring (bicyclic) bond motifs is 1. The molecule has 4 nitrogen and oxygen atoms in total. The van der Waals surface area contributed by atoms with Crippen LogP contribution >= 0.6 is 0 Å². The molecular weight excluding hydrogens is 204 g/mol. The molecule has 2 fully saturated rings. The van der Waals surface area contributed by atoms with Crippen LogP contribution in [0.3, 0.4) is 0 Å². The van der Waals surface area contributed by atoms with Crippen LogP contribution in [0, 0.1) is 0 Å². The molecule has 0 aliphatic carbocycles. The number of amides is 2. The largest absolute Gasteiger partial charge is 0.383 e. The summed E-state index contributed by atoms with van der Waals surface area (Å²) in [5.74, 6) is 0. The Morgan fingerprint density at radius 3 is 2.88 bits per heavy atom. The molecule has 2 aliphatic heterocycles. The van der Waals surface area contributed by atoms with Crippen LogP contribution in [0.4, 0.5) is 4.79 Å². The van der Waals surface area contributed by atoms with E-state index in [-0.39, 0.29) is 12.1 Å². The van der Waals surface area contributed by atoms with Crippen LogP contribution in [0.5, 0.6) is 0 Å². The molecule has 3 rings (SSSR count). The Labute approximate surface area is 93.9 Å². The number of aliphatic hydroxyl groups is 1. The van der Waals surface area contributed by atoms with Crippen LogP contribution < -0.4 is 5.32 Å². The van der Waals surface area contributed by atoms with Crippen molar-refractivity contribution in [1.29, 1.82) is 0 Å². The van der Waals surface area contributed by atoms with Gasteiger partial charge in [0.15, 0.2) is 0 Å². The van der Waals surface area contributed by atoms with Gasteiger partial charge in [0.2, 0.25) is 0 Å². The maximum absolute atomic E-state index is 11.5. The van der Waals surface area contributed by atoms with Crippen LogP contribution in [0.15, 0.2) is 30.3 Å². The van der Waals surface area contributed by atoms with E-state index in [1.807, 2.05) is 30.3 Å². The van der Waals surface area contributed by atoms with Gasteiger partial charge in [-0.1, -0.05) is 30.3 Å². The zero-order valence-electron chi connectivity index (χ0n) is 8.89. The highest BCUT2D eigenvalue weighted by Crippen LogP contribution is 2.39. The first-order valence-electron chi connectivity index (χ1n) is 5.54. The first-order chi connectivity index (χ1) is 7.72. The summed E-state index contributed by atoms with van der Waals surface area (Å²) in [4.78, 5) is 13.2. The molecule has 0 unspecified atom stereocenters. The second-order valence-corrected chi connectivity index (χ2v) is 4.44. The molecule has 1 aromatic carbocycles. The molecule has 2 N–H and O–H groups in total. The van der Waals surface area contributed by atoms with Gasteiger partial charge in [0.05, 0.1) is 6.04 Å². The zero-order valence-corrected chi connectivity index (χ0v) is 8.89. The van der Waals surface area contributed by atoms with Crippen molar-refractivity contribution < 1.29 is 9.90 Å². The smallest absolute Gasteiger partial charge is 0.317 e. The number of nitrogens with zero attached hydrogens (tertiary/aromatic N) is 1. The third-order valence-corrected chi connectivity index (χ3v) is 3.64.